The predicted octanol–water partition coefficient (Wildman–Crippen LogP) is 2.67. The van der Waals surface area contributed by atoms with Crippen LogP contribution in [0.1, 0.15) is 16.8 Å². The largest absolute Gasteiger partial charge is 0.307 e. The molecule has 2 rings (SSSR count). The first-order valence-corrected chi connectivity index (χ1v) is 5.97. The second-order valence-corrected chi connectivity index (χ2v) is 4.55. The summed E-state index contributed by atoms with van der Waals surface area (Å²) in [5.41, 5.74) is 3.47. The van der Waals surface area contributed by atoms with Crippen LogP contribution in [0.3, 0.4) is 0 Å². The number of rotatable bonds is 4. The third kappa shape index (κ3) is 3.08. The van der Waals surface area contributed by atoms with Gasteiger partial charge in [-0.05, 0) is 30.2 Å². The number of nitrogens with one attached hydrogen (secondary N) is 1. The molecule has 90 valence electrons. The quantitative estimate of drug-likeness (QED) is 0.903. The molecule has 1 aromatic heterocycles. The van der Waals surface area contributed by atoms with Gasteiger partial charge in [0, 0.05) is 31.4 Å². The summed E-state index contributed by atoms with van der Waals surface area (Å²) >= 11 is 6.16. The highest BCUT2D eigenvalue weighted by molar-refractivity contribution is 6.31. The smallest absolute Gasteiger partial charge is 0.0518 e. The van der Waals surface area contributed by atoms with E-state index in [4.69, 9.17) is 11.6 Å². The number of nitrogens with zero attached hydrogens (tertiary/aromatic N) is 2. The number of benzene rings is 1. The van der Waals surface area contributed by atoms with E-state index in [1.807, 2.05) is 30.8 Å². The fourth-order valence-electron chi connectivity index (χ4n) is 1.70. The van der Waals surface area contributed by atoms with Crippen LogP contribution in [0.5, 0.6) is 0 Å². The third-order valence-electron chi connectivity index (χ3n) is 2.75. The van der Waals surface area contributed by atoms with Crippen molar-refractivity contribution in [3.05, 3.63) is 52.3 Å². The van der Waals surface area contributed by atoms with E-state index in [9.17, 15) is 0 Å². The number of hydrogen-bond acceptors (Lipinski definition) is 2. The Kier molecular flexibility index (Phi) is 3.82. The standard InChI is InChI=1S/C13H16ClN3/c1-10-3-4-11(13(14)7-10)8-15-9-12-5-6-16-17(12)2/h3-7,15H,8-9H2,1-2H3. The van der Waals surface area contributed by atoms with E-state index in [2.05, 4.69) is 22.5 Å². The van der Waals surface area contributed by atoms with Crippen molar-refractivity contribution in [3.8, 4) is 0 Å². The van der Waals surface area contributed by atoms with Crippen molar-refractivity contribution < 1.29 is 0 Å². The van der Waals surface area contributed by atoms with E-state index in [1.54, 1.807) is 6.20 Å². The van der Waals surface area contributed by atoms with E-state index >= 15 is 0 Å². The molecule has 0 amide bonds. The van der Waals surface area contributed by atoms with Gasteiger partial charge in [-0.25, -0.2) is 0 Å². The fourth-order valence-corrected chi connectivity index (χ4v) is 2.00. The highest BCUT2D eigenvalue weighted by Crippen LogP contribution is 2.17. The van der Waals surface area contributed by atoms with E-state index in [1.165, 1.54) is 5.56 Å². The Balaban J connectivity index is 1.92. The minimum atomic E-state index is 0.768. The van der Waals surface area contributed by atoms with Crippen molar-refractivity contribution in [1.82, 2.24) is 15.1 Å². The zero-order chi connectivity index (χ0) is 12.3. The summed E-state index contributed by atoms with van der Waals surface area (Å²) in [6.45, 7) is 3.60. The minimum Gasteiger partial charge on any atom is -0.307 e. The van der Waals surface area contributed by atoms with Crippen LogP contribution in [-0.4, -0.2) is 9.78 Å². The monoisotopic (exact) mass is 249 g/mol. The first-order valence-electron chi connectivity index (χ1n) is 5.59. The van der Waals surface area contributed by atoms with Crippen LogP contribution in [0.2, 0.25) is 5.02 Å². The minimum absolute atomic E-state index is 0.768. The molecule has 0 saturated carbocycles. The van der Waals surface area contributed by atoms with Gasteiger partial charge in [0.15, 0.2) is 0 Å². The highest BCUT2D eigenvalue weighted by atomic mass is 35.5. The Hall–Kier alpha value is -1.32. The van der Waals surface area contributed by atoms with Crippen LogP contribution in [0, 0.1) is 6.92 Å². The molecule has 0 unspecified atom stereocenters. The summed E-state index contributed by atoms with van der Waals surface area (Å²) in [5, 5.41) is 8.30. The molecular formula is C13H16ClN3. The first-order chi connectivity index (χ1) is 8.16. The molecule has 0 spiro atoms. The molecule has 0 saturated heterocycles. The summed E-state index contributed by atoms with van der Waals surface area (Å²) in [6, 6.07) is 8.13. The molecular weight excluding hydrogens is 234 g/mol. The second-order valence-electron chi connectivity index (χ2n) is 4.14. The maximum atomic E-state index is 6.16. The molecule has 1 aromatic carbocycles. The average Bonchev–Trinajstić information content (AvgIpc) is 2.68. The van der Waals surface area contributed by atoms with Gasteiger partial charge < -0.3 is 5.32 Å². The molecule has 0 radical (unpaired) electrons. The Bertz CT molecular complexity index is 505. The Morgan fingerprint density at radius 2 is 2.12 bits per heavy atom. The van der Waals surface area contributed by atoms with Gasteiger partial charge in [0.05, 0.1) is 5.69 Å². The average molecular weight is 250 g/mol. The lowest BCUT2D eigenvalue weighted by atomic mass is 10.1. The molecule has 3 nitrogen and oxygen atoms in total. The molecule has 0 fully saturated rings. The number of hydrogen-bond donors (Lipinski definition) is 1. The van der Waals surface area contributed by atoms with Crippen LogP contribution in [-0.2, 0) is 20.1 Å². The molecule has 0 aliphatic rings. The highest BCUT2D eigenvalue weighted by Gasteiger charge is 2.01. The summed E-state index contributed by atoms with van der Waals surface area (Å²) in [5.74, 6) is 0. The van der Waals surface area contributed by atoms with Gasteiger partial charge in [0.25, 0.3) is 0 Å². The SMILES string of the molecule is Cc1ccc(CNCc2ccnn2C)c(Cl)c1. The van der Waals surface area contributed by atoms with Gasteiger partial charge in [-0.2, -0.15) is 5.10 Å². The molecule has 2 aromatic rings. The van der Waals surface area contributed by atoms with Crippen LogP contribution in [0.15, 0.2) is 30.5 Å². The lowest BCUT2D eigenvalue weighted by Crippen LogP contribution is -2.15. The maximum Gasteiger partial charge on any atom is 0.0518 e. The summed E-state index contributed by atoms with van der Waals surface area (Å²) in [7, 11) is 1.94. The lowest BCUT2D eigenvalue weighted by molar-refractivity contribution is 0.626. The first kappa shape index (κ1) is 12.1. The number of halogens is 1. The Labute approximate surface area is 106 Å². The van der Waals surface area contributed by atoms with Crippen molar-refractivity contribution in [2.24, 2.45) is 7.05 Å². The fraction of sp³-hybridized carbons (Fsp3) is 0.308. The molecule has 0 atom stereocenters. The van der Waals surface area contributed by atoms with Gasteiger partial charge >= 0.3 is 0 Å². The summed E-state index contributed by atoms with van der Waals surface area (Å²) in [4.78, 5) is 0. The predicted molar refractivity (Wildman–Crippen MR) is 69.9 cm³/mol. The van der Waals surface area contributed by atoms with Crippen LogP contribution in [0.4, 0.5) is 0 Å². The molecule has 0 aliphatic heterocycles. The van der Waals surface area contributed by atoms with Crippen LogP contribution in [0.25, 0.3) is 0 Å². The molecule has 17 heavy (non-hydrogen) atoms. The van der Waals surface area contributed by atoms with Crippen molar-refractivity contribution in [3.63, 3.8) is 0 Å². The zero-order valence-electron chi connectivity index (χ0n) is 10.1. The topological polar surface area (TPSA) is 29.9 Å². The Morgan fingerprint density at radius 1 is 1.29 bits per heavy atom. The Morgan fingerprint density at radius 3 is 2.76 bits per heavy atom. The van der Waals surface area contributed by atoms with Crippen LogP contribution < -0.4 is 5.32 Å². The molecule has 1 heterocycles. The van der Waals surface area contributed by atoms with Crippen molar-refractivity contribution in [1.29, 1.82) is 0 Å². The number of aryl methyl sites for hydroxylation is 2. The van der Waals surface area contributed by atoms with E-state index in [0.29, 0.717) is 0 Å². The zero-order valence-corrected chi connectivity index (χ0v) is 10.8. The van der Waals surface area contributed by atoms with Gasteiger partial charge in [0.1, 0.15) is 0 Å². The third-order valence-corrected chi connectivity index (χ3v) is 3.10. The second kappa shape index (κ2) is 5.34. The molecule has 0 bridgehead atoms. The van der Waals surface area contributed by atoms with Gasteiger partial charge in [-0.15, -0.1) is 0 Å². The lowest BCUT2D eigenvalue weighted by Gasteiger charge is -2.07. The molecule has 4 heteroatoms. The van der Waals surface area contributed by atoms with E-state index in [-0.39, 0.29) is 0 Å². The van der Waals surface area contributed by atoms with Crippen molar-refractivity contribution >= 4 is 11.6 Å². The number of aromatic nitrogens is 2. The molecule has 0 aliphatic carbocycles. The van der Waals surface area contributed by atoms with Crippen LogP contribution >= 0.6 is 11.6 Å². The van der Waals surface area contributed by atoms with Gasteiger partial charge in [0.2, 0.25) is 0 Å². The summed E-state index contributed by atoms with van der Waals surface area (Å²) in [6.07, 6.45) is 1.80. The van der Waals surface area contributed by atoms with Crippen molar-refractivity contribution in [2.75, 3.05) is 0 Å². The van der Waals surface area contributed by atoms with E-state index < -0.39 is 0 Å². The van der Waals surface area contributed by atoms with E-state index in [0.717, 1.165) is 29.4 Å². The molecule has 1 N–H and O–H groups in total. The van der Waals surface area contributed by atoms with Crippen molar-refractivity contribution in [2.45, 2.75) is 20.0 Å². The van der Waals surface area contributed by atoms with Gasteiger partial charge in [-0.1, -0.05) is 23.7 Å². The van der Waals surface area contributed by atoms with Gasteiger partial charge in [-0.3, -0.25) is 4.68 Å². The summed E-state index contributed by atoms with van der Waals surface area (Å²) < 4.78 is 1.86. The normalized spacial score (nSPS) is 10.8. The maximum absolute atomic E-state index is 6.16.